The molecule has 0 bridgehead atoms. The highest BCUT2D eigenvalue weighted by Gasteiger charge is 2.10. The second kappa shape index (κ2) is 8.06. The van der Waals surface area contributed by atoms with E-state index in [-0.39, 0.29) is 12.2 Å². The van der Waals surface area contributed by atoms with Gasteiger partial charge in [-0.1, -0.05) is 38.1 Å². The van der Waals surface area contributed by atoms with Crippen molar-refractivity contribution in [3.63, 3.8) is 0 Å². The molecule has 0 heterocycles. The standard InChI is InChI=1S/C19H19NO4/c1-13(2)15-7-9-17(10-8-15)20-18(22)12-24-19(23)16-5-3-14(11-21)4-6-16/h3-11,13H,12H2,1-2H3,(H,20,22). The zero-order chi connectivity index (χ0) is 17.5. The van der Waals surface area contributed by atoms with Crippen LogP contribution < -0.4 is 5.32 Å². The maximum absolute atomic E-state index is 11.8. The molecule has 0 fully saturated rings. The maximum atomic E-state index is 11.8. The molecule has 1 N–H and O–H groups in total. The number of aldehydes is 1. The second-order valence-corrected chi connectivity index (χ2v) is 5.64. The number of benzene rings is 2. The van der Waals surface area contributed by atoms with Crippen molar-refractivity contribution >= 4 is 23.9 Å². The molecule has 0 unspecified atom stereocenters. The predicted octanol–water partition coefficient (Wildman–Crippen LogP) is 3.42. The molecule has 0 spiro atoms. The first-order chi connectivity index (χ1) is 11.5. The van der Waals surface area contributed by atoms with Gasteiger partial charge in [0.1, 0.15) is 6.29 Å². The Morgan fingerprint density at radius 3 is 2.21 bits per heavy atom. The Morgan fingerprint density at radius 2 is 1.67 bits per heavy atom. The van der Waals surface area contributed by atoms with E-state index in [0.29, 0.717) is 23.5 Å². The van der Waals surface area contributed by atoms with Gasteiger partial charge in [0.2, 0.25) is 0 Å². The lowest BCUT2D eigenvalue weighted by Crippen LogP contribution is -2.20. The van der Waals surface area contributed by atoms with Crippen molar-refractivity contribution < 1.29 is 19.1 Å². The van der Waals surface area contributed by atoms with E-state index in [0.717, 1.165) is 0 Å². The van der Waals surface area contributed by atoms with Gasteiger partial charge in [-0.3, -0.25) is 9.59 Å². The Labute approximate surface area is 140 Å². The molecule has 1 amide bonds. The smallest absolute Gasteiger partial charge is 0.338 e. The van der Waals surface area contributed by atoms with E-state index in [9.17, 15) is 14.4 Å². The molecular formula is C19H19NO4. The van der Waals surface area contributed by atoms with Crippen molar-refractivity contribution in [3.8, 4) is 0 Å². The average molecular weight is 325 g/mol. The number of hydrogen-bond donors (Lipinski definition) is 1. The molecule has 2 aromatic carbocycles. The summed E-state index contributed by atoms with van der Waals surface area (Å²) < 4.78 is 4.96. The highest BCUT2D eigenvalue weighted by molar-refractivity contribution is 5.95. The summed E-state index contributed by atoms with van der Waals surface area (Å²) in [6, 6.07) is 13.5. The van der Waals surface area contributed by atoms with Crippen LogP contribution in [-0.4, -0.2) is 24.8 Å². The van der Waals surface area contributed by atoms with Crippen LogP contribution in [0.2, 0.25) is 0 Å². The third-order valence-corrected chi connectivity index (χ3v) is 3.48. The second-order valence-electron chi connectivity index (χ2n) is 5.64. The fraction of sp³-hybridized carbons (Fsp3) is 0.211. The Hall–Kier alpha value is -2.95. The van der Waals surface area contributed by atoms with Gasteiger partial charge in [-0.05, 0) is 35.7 Å². The van der Waals surface area contributed by atoms with Crippen LogP contribution in [-0.2, 0) is 9.53 Å². The Bertz CT molecular complexity index is 718. The van der Waals surface area contributed by atoms with Crippen LogP contribution in [0, 0.1) is 0 Å². The molecule has 0 aromatic heterocycles. The highest BCUT2D eigenvalue weighted by atomic mass is 16.5. The van der Waals surface area contributed by atoms with Crippen LogP contribution in [0.15, 0.2) is 48.5 Å². The summed E-state index contributed by atoms with van der Waals surface area (Å²) in [6.07, 6.45) is 0.688. The highest BCUT2D eigenvalue weighted by Crippen LogP contribution is 2.17. The summed E-state index contributed by atoms with van der Waals surface area (Å²) in [4.78, 5) is 34.2. The molecule has 0 aliphatic rings. The van der Waals surface area contributed by atoms with Gasteiger partial charge >= 0.3 is 5.97 Å². The molecule has 124 valence electrons. The minimum atomic E-state index is -0.613. The minimum absolute atomic E-state index is 0.287. The Kier molecular flexibility index (Phi) is 5.84. The predicted molar refractivity (Wildman–Crippen MR) is 91.3 cm³/mol. The monoisotopic (exact) mass is 325 g/mol. The van der Waals surface area contributed by atoms with Crippen LogP contribution in [0.1, 0.15) is 46.0 Å². The fourth-order valence-corrected chi connectivity index (χ4v) is 2.06. The molecule has 24 heavy (non-hydrogen) atoms. The molecule has 0 radical (unpaired) electrons. The summed E-state index contributed by atoms with van der Waals surface area (Å²) in [7, 11) is 0. The number of hydrogen-bond acceptors (Lipinski definition) is 4. The molecule has 0 aliphatic heterocycles. The van der Waals surface area contributed by atoms with Crippen LogP contribution in [0.5, 0.6) is 0 Å². The van der Waals surface area contributed by atoms with E-state index in [4.69, 9.17) is 4.74 Å². The Morgan fingerprint density at radius 1 is 1.04 bits per heavy atom. The molecule has 0 aliphatic carbocycles. The quantitative estimate of drug-likeness (QED) is 0.652. The van der Waals surface area contributed by atoms with Gasteiger partial charge in [-0.15, -0.1) is 0 Å². The number of ether oxygens (including phenoxy) is 1. The van der Waals surface area contributed by atoms with E-state index < -0.39 is 11.9 Å². The first-order valence-corrected chi connectivity index (χ1v) is 7.62. The van der Waals surface area contributed by atoms with E-state index >= 15 is 0 Å². The molecular weight excluding hydrogens is 306 g/mol. The summed E-state index contributed by atoms with van der Waals surface area (Å²) in [5.41, 5.74) is 2.58. The van der Waals surface area contributed by atoms with Gasteiger partial charge < -0.3 is 10.1 Å². The third-order valence-electron chi connectivity index (χ3n) is 3.48. The van der Waals surface area contributed by atoms with E-state index in [2.05, 4.69) is 19.2 Å². The van der Waals surface area contributed by atoms with Crippen molar-refractivity contribution in [3.05, 3.63) is 65.2 Å². The first kappa shape index (κ1) is 17.4. The average Bonchev–Trinajstić information content (AvgIpc) is 2.60. The largest absolute Gasteiger partial charge is 0.452 e. The third kappa shape index (κ3) is 4.78. The van der Waals surface area contributed by atoms with Gasteiger partial charge in [-0.25, -0.2) is 4.79 Å². The zero-order valence-corrected chi connectivity index (χ0v) is 13.6. The SMILES string of the molecule is CC(C)c1ccc(NC(=O)COC(=O)c2ccc(C=O)cc2)cc1. The topological polar surface area (TPSA) is 72.5 Å². The Balaban J connectivity index is 1.85. The van der Waals surface area contributed by atoms with E-state index in [1.54, 1.807) is 0 Å². The van der Waals surface area contributed by atoms with Gasteiger partial charge in [0.25, 0.3) is 5.91 Å². The maximum Gasteiger partial charge on any atom is 0.338 e. The number of rotatable bonds is 6. The summed E-state index contributed by atoms with van der Waals surface area (Å²) in [6.45, 7) is 3.81. The molecule has 2 rings (SSSR count). The lowest BCUT2D eigenvalue weighted by atomic mass is 10.0. The molecule has 0 atom stereocenters. The number of amides is 1. The molecule has 0 saturated heterocycles. The van der Waals surface area contributed by atoms with Crippen LogP contribution in [0.3, 0.4) is 0 Å². The minimum Gasteiger partial charge on any atom is -0.452 e. The van der Waals surface area contributed by atoms with Crippen LogP contribution in [0.25, 0.3) is 0 Å². The van der Waals surface area contributed by atoms with E-state index in [1.165, 1.54) is 29.8 Å². The summed E-state index contributed by atoms with van der Waals surface area (Å²) >= 11 is 0. The molecule has 2 aromatic rings. The van der Waals surface area contributed by atoms with Crippen molar-refractivity contribution in [2.24, 2.45) is 0 Å². The summed E-state index contributed by atoms with van der Waals surface area (Å²) in [5, 5.41) is 2.67. The van der Waals surface area contributed by atoms with Crippen LogP contribution in [0.4, 0.5) is 5.69 Å². The van der Waals surface area contributed by atoms with Crippen molar-refractivity contribution in [2.45, 2.75) is 19.8 Å². The lowest BCUT2D eigenvalue weighted by molar-refractivity contribution is -0.119. The molecule has 0 saturated carbocycles. The van der Waals surface area contributed by atoms with Crippen molar-refractivity contribution in [1.29, 1.82) is 0 Å². The van der Waals surface area contributed by atoms with Gasteiger partial charge in [-0.2, -0.15) is 0 Å². The number of carbonyl (C=O) groups is 3. The van der Waals surface area contributed by atoms with Gasteiger partial charge in [0.05, 0.1) is 5.56 Å². The van der Waals surface area contributed by atoms with Crippen molar-refractivity contribution in [1.82, 2.24) is 0 Å². The normalized spacial score (nSPS) is 10.3. The van der Waals surface area contributed by atoms with Gasteiger partial charge in [0.15, 0.2) is 6.61 Å². The first-order valence-electron chi connectivity index (χ1n) is 7.62. The number of anilines is 1. The lowest BCUT2D eigenvalue weighted by Gasteiger charge is -2.09. The van der Waals surface area contributed by atoms with E-state index in [1.807, 2.05) is 24.3 Å². The molecule has 5 nitrogen and oxygen atoms in total. The number of esters is 1. The molecule has 5 heteroatoms. The number of nitrogens with one attached hydrogen (secondary N) is 1. The zero-order valence-electron chi connectivity index (χ0n) is 13.6. The van der Waals surface area contributed by atoms with Crippen molar-refractivity contribution in [2.75, 3.05) is 11.9 Å². The number of carbonyl (C=O) groups excluding carboxylic acids is 3. The van der Waals surface area contributed by atoms with Crippen LogP contribution >= 0.6 is 0 Å². The fourth-order valence-electron chi connectivity index (χ4n) is 2.06. The van der Waals surface area contributed by atoms with Gasteiger partial charge in [0, 0.05) is 11.3 Å². The summed E-state index contributed by atoms with van der Waals surface area (Å²) in [5.74, 6) is -0.607.